The number of quaternary nitrogens is 1. The summed E-state index contributed by atoms with van der Waals surface area (Å²) >= 11 is 0. The molecule has 3 rings (SSSR count). The standard InChI is InChI=1S/C23H24N2O2/c1-17-11-13-19(14-12-17)23(18-7-4-3-5-8-18)24-16-22(26)25-20-9-6-10-21(15-20)27-2/h3-15,23-24H,16H2,1-2H3,(H,25,26)/p+1/t23-/m0/s1. The first-order chi connectivity index (χ1) is 13.2. The van der Waals surface area contributed by atoms with Crippen molar-refractivity contribution in [2.24, 2.45) is 0 Å². The maximum absolute atomic E-state index is 12.5. The first-order valence-corrected chi connectivity index (χ1v) is 9.04. The molecule has 0 aliphatic heterocycles. The number of nitrogens with one attached hydrogen (secondary N) is 1. The van der Waals surface area contributed by atoms with Crippen molar-refractivity contribution in [2.75, 3.05) is 19.0 Å². The van der Waals surface area contributed by atoms with Gasteiger partial charge in [-0.3, -0.25) is 4.79 Å². The van der Waals surface area contributed by atoms with Crippen LogP contribution in [0.5, 0.6) is 5.75 Å². The molecule has 1 amide bonds. The van der Waals surface area contributed by atoms with Gasteiger partial charge in [0.05, 0.1) is 7.11 Å². The van der Waals surface area contributed by atoms with Crippen molar-refractivity contribution in [3.63, 3.8) is 0 Å². The second-order valence-corrected chi connectivity index (χ2v) is 6.52. The molecule has 3 aromatic rings. The summed E-state index contributed by atoms with van der Waals surface area (Å²) < 4.78 is 5.20. The summed E-state index contributed by atoms with van der Waals surface area (Å²) in [5.74, 6) is 0.676. The first-order valence-electron chi connectivity index (χ1n) is 9.04. The molecular formula is C23H25N2O2+. The van der Waals surface area contributed by atoms with Crippen LogP contribution in [0.3, 0.4) is 0 Å². The Morgan fingerprint density at radius 1 is 0.963 bits per heavy atom. The van der Waals surface area contributed by atoms with E-state index >= 15 is 0 Å². The normalized spacial score (nSPS) is 11.6. The van der Waals surface area contributed by atoms with Gasteiger partial charge in [0.25, 0.3) is 5.91 Å². The third-order valence-electron chi connectivity index (χ3n) is 4.49. The van der Waals surface area contributed by atoms with Crippen molar-refractivity contribution in [3.05, 3.63) is 95.6 Å². The van der Waals surface area contributed by atoms with E-state index in [0.29, 0.717) is 6.54 Å². The van der Waals surface area contributed by atoms with Crippen LogP contribution in [0.4, 0.5) is 5.69 Å². The number of hydrogen-bond donors (Lipinski definition) is 2. The lowest BCUT2D eigenvalue weighted by molar-refractivity contribution is -0.676. The van der Waals surface area contributed by atoms with Gasteiger partial charge >= 0.3 is 0 Å². The van der Waals surface area contributed by atoms with E-state index in [9.17, 15) is 4.79 Å². The minimum atomic E-state index is -0.0451. The van der Waals surface area contributed by atoms with Crippen molar-refractivity contribution in [2.45, 2.75) is 13.0 Å². The Morgan fingerprint density at radius 2 is 1.67 bits per heavy atom. The molecule has 0 heterocycles. The molecule has 0 fully saturated rings. The van der Waals surface area contributed by atoms with E-state index in [4.69, 9.17) is 4.74 Å². The van der Waals surface area contributed by atoms with Gasteiger partial charge in [-0.05, 0) is 19.1 Å². The number of hydrogen-bond acceptors (Lipinski definition) is 2. The predicted molar refractivity (Wildman–Crippen MR) is 108 cm³/mol. The molecule has 1 atom stereocenters. The van der Waals surface area contributed by atoms with Gasteiger partial charge in [0.15, 0.2) is 6.54 Å². The van der Waals surface area contributed by atoms with Crippen molar-refractivity contribution in [1.29, 1.82) is 0 Å². The van der Waals surface area contributed by atoms with Crippen LogP contribution in [-0.4, -0.2) is 19.6 Å². The summed E-state index contributed by atoms with van der Waals surface area (Å²) in [5, 5.41) is 5.00. The first kappa shape index (κ1) is 18.7. The monoisotopic (exact) mass is 361 g/mol. The van der Waals surface area contributed by atoms with E-state index in [1.165, 1.54) is 16.7 Å². The van der Waals surface area contributed by atoms with E-state index < -0.39 is 0 Å². The Morgan fingerprint density at radius 3 is 2.37 bits per heavy atom. The zero-order chi connectivity index (χ0) is 19.1. The summed E-state index contributed by atoms with van der Waals surface area (Å²) in [6.45, 7) is 2.40. The minimum Gasteiger partial charge on any atom is -0.497 e. The minimum absolute atomic E-state index is 0.0451. The van der Waals surface area contributed by atoms with E-state index in [0.717, 1.165) is 11.4 Å². The predicted octanol–water partition coefficient (Wildman–Crippen LogP) is 3.30. The number of ether oxygens (including phenoxy) is 1. The lowest BCUT2D eigenvalue weighted by Gasteiger charge is -2.17. The third-order valence-corrected chi connectivity index (χ3v) is 4.49. The molecule has 0 bridgehead atoms. The zero-order valence-corrected chi connectivity index (χ0v) is 15.7. The molecule has 0 saturated heterocycles. The maximum atomic E-state index is 12.5. The molecule has 138 valence electrons. The summed E-state index contributed by atoms with van der Waals surface area (Å²) in [6, 6.07) is 26.2. The third kappa shape index (κ3) is 5.19. The average Bonchev–Trinajstić information content (AvgIpc) is 2.70. The van der Waals surface area contributed by atoms with Crippen molar-refractivity contribution >= 4 is 11.6 Å². The summed E-state index contributed by atoms with van der Waals surface area (Å²) in [6.07, 6.45) is 0. The second kappa shape index (κ2) is 9.01. The molecule has 0 spiro atoms. The number of benzene rings is 3. The SMILES string of the molecule is COc1cccc(NC(=O)C[NH2+][C@@H](c2ccccc2)c2ccc(C)cc2)c1. The van der Waals surface area contributed by atoms with Gasteiger partial charge < -0.3 is 15.4 Å². The molecule has 27 heavy (non-hydrogen) atoms. The molecule has 3 N–H and O–H groups in total. The average molecular weight is 361 g/mol. The van der Waals surface area contributed by atoms with Crippen molar-refractivity contribution < 1.29 is 14.8 Å². The number of methoxy groups -OCH3 is 1. The number of nitrogens with two attached hydrogens (primary N) is 1. The highest BCUT2D eigenvalue weighted by Crippen LogP contribution is 2.19. The highest BCUT2D eigenvalue weighted by atomic mass is 16.5. The fraction of sp³-hybridized carbons (Fsp3) is 0.174. The zero-order valence-electron chi connectivity index (χ0n) is 15.7. The quantitative estimate of drug-likeness (QED) is 0.678. The molecule has 0 aliphatic carbocycles. The lowest BCUT2D eigenvalue weighted by Crippen LogP contribution is -2.87. The van der Waals surface area contributed by atoms with Crippen LogP contribution in [0.25, 0.3) is 0 Å². The van der Waals surface area contributed by atoms with E-state index in [1.807, 2.05) is 42.5 Å². The summed E-state index contributed by atoms with van der Waals surface area (Å²) in [5.41, 5.74) is 4.32. The van der Waals surface area contributed by atoms with Gasteiger partial charge in [-0.25, -0.2) is 0 Å². The molecule has 4 nitrogen and oxygen atoms in total. The van der Waals surface area contributed by atoms with E-state index in [1.54, 1.807) is 7.11 Å². The number of carbonyl (C=O) groups excluding carboxylic acids is 1. The van der Waals surface area contributed by atoms with Crippen LogP contribution in [-0.2, 0) is 4.79 Å². The van der Waals surface area contributed by atoms with E-state index in [-0.39, 0.29) is 11.9 Å². The van der Waals surface area contributed by atoms with Crippen molar-refractivity contribution in [3.8, 4) is 5.75 Å². The second-order valence-electron chi connectivity index (χ2n) is 6.52. The molecule has 0 aliphatic rings. The molecule has 0 radical (unpaired) electrons. The smallest absolute Gasteiger partial charge is 0.279 e. The van der Waals surface area contributed by atoms with Crippen LogP contribution < -0.4 is 15.4 Å². The lowest BCUT2D eigenvalue weighted by atomic mass is 9.98. The molecule has 4 heteroatoms. The fourth-order valence-corrected chi connectivity index (χ4v) is 3.04. The maximum Gasteiger partial charge on any atom is 0.279 e. The highest BCUT2D eigenvalue weighted by molar-refractivity contribution is 5.91. The molecule has 0 saturated carbocycles. The Labute approximate surface area is 160 Å². The van der Waals surface area contributed by atoms with Crippen LogP contribution in [0.1, 0.15) is 22.7 Å². The summed E-state index contributed by atoms with van der Waals surface area (Å²) in [7, 11) is 1.61. The van der Waals surface area contributed by atoms with Crippen LogP contribution in [0.2, 0.25) is 0 Å². The largest absolute Gasteiger partial charge is 0.497 e. The molecule has 0 unspecified atom stereocenters. The summed E-state index contributed by atoms with van der Waals surface area (Å²) in [4.78, 5) is 12.5. The topological polar surface area (TPSA) is 54.9 Å². The van der Waals surface area contributed by atoms with Crippen molar-refractivity contribution in [1.82, 2.24) is 0 Å². The number of amides is 1. The van der Waals surface area contributed by atoms with Gasteiger partial charge in [0.2, 0.25) is 0 Å². The Hall–Kier alpha value is -3.11. The Balaban J connectivity index is 1.70. The van der Waals surface area contributed by atoms with Crippen LogP contribution in [0.15, 0.2) is 78.9 Å². The molecular weight excluding hydrogens is 336 g/mol. The van der Waals surface area contributed by atoms with Gasteiger partial charge in [-0.15, -0.1) is 0 Å². The number of rotatable bonds is 7. The van der Waals surface area contributed by atoms with Gasteiger partial charge in [-0.2, -0.15) is 0 Å². The van der Waals surface area contributed by atoms with Crippen LogP contribution >= 0.6 is 0 Å². The number of carbonyl (C=O) groups is 1. The van der Waals surface area contributed by atoms with Gasteiger partial charge in [0.1, 0.15) is 11.8 Å². The molecule has 0 aromatic heterocycles. The number of aryl methyl sites for hydroxylation is 1. The molecule has 3 aromatic carbocycles. The fourth-order valence-electron chi connectivity index (χ4n) is 3.04. The van der Waals surface area contributed by atoms with Crippen LogP contribution in [0, 0.1) is 6.92 Å². The van der Waals surface area contributed by atoms with E-state index in [2.05, 4.69) is 54.0 Å². The number of anilines is 1. The van der Waals surface area contributed by atoms with Gasteiger partial charge in [0, 0.05) is 22.9 Å². The van der Waals surface area contributed by atoms with Gasteiger partial charge in [-0.1, -0.05) is 66.2 Å². The highest BCUT2D eigenvalue weighted by Gasteiger charge is 2.18. The Kier molecular flexibility index (Phi) is 6.23. The Bertz CT molecular complexity index is 876.